The minimum atomic E-state index is -0.182. The average molecular weight is 673 g/mol. The quantitative estimate of drug-likeness (QED) is 0.159. The van der Waals surface area contributed by atoms with Gasteiger partial charge in [-0.1, -0.05) is 26.0 Å². The molecule has 2 atom stereocenters. The topological polar surface area (TPSA) is 18.5 Å². The van der Waals surface area contributed by atoms with E-state index in [9.17, 15) is 0 Å². The molecule has 0 bridgehead atoms. The summed E-state index contributed by atoms with van der Waals surface area (Å²) in [4.78, 5) is 0. The first-order chi connectivity index (χ1) is 17.5. The first kappa shape index (κ1) is 38.4. The molecule has 0 spiro atoms. The number of halogens is 2. The van der Waals surface area contributed by atoms with Crippen LogP contribution < -0.4 is 0 Å². The Morgan fingerprint density at radius 1 is 0.725 bits per heavy atom. The van der Waals surface area contributed by atoms with Crippen molar-refractivity contribution in [2.24, 2.45) is 0 Å². The Morgan fingerprint density at radius 3 is 1.40 bits per heavy atom. The van der Waals surface area contributed by atoms with Crippen LogP contribution >= 0.6 is 24.8 Å². The molecular formula is C34H42Cl2O2SiZr-4. The van der Waals surface area contributed by atoms with Gasteiger partial charge in [0.2, 0.25) is 0 Å². The van der Waals surface area contributed by atoms with Crippen LogP contribution in [0.2, 0.25) is 0 Å². The van der Waals surface area contributed by atoms with Gasteiger partial charge in [-0.15, -0.1) is 93.9 Å². The number of fused-ring (bicyclic) bond motifs is 2. The maximum absolute atomic E-state index is 5.80. The molecule has 2 aliphatic heterocycles. The molecule has 216 valence electrons. The zero-order chi connectivity index (χ0) is 25.8. The molecule has 0 amide bonds. The number of hydrogen-bond donors (Lipinski definition) is 0. The molecule has 0 aromatic heterocycles. The molecule has 0 saturated heterocycles. The van der Waals surface area contributed by atoms with Crippen molar-refractivity contribution in [2.75, 3.05) is 0 Å². The van der Waals surface area contributed by atoms with Gasteiger partial charge in [-0.25, -0.2) is 0 Å². The van der Waals surface area contributed by atoms with E-state index in [1.807, 2.05) is 12.5 Å². The molecular weight excluding hydrogens is 631 g/mol. The maximum atomic E-state index is 5.80. The summed E-state index contributed by atoms with van der Waals surface area (Å²) in [5, 5.41) is 5.35. The number of aryl methyl sites for hydroxylation is 2. The Labute approximate surface area is 271 Å². The van der Waals surface area contributed by atoms with Gasteiger partial charge >= 0.3 is 30.2 Å². The summed E-state index contributed by atoms with van der Waals surface area (Å²) in [5.74, 6) is 0. The predicted molar refractivity (Wildman–Crippen MR) is 175 cm³/mol. The molecule has 0 fully saturated rings. The van der Waals surface area contributed by atoms with Gasteiger partial charge in [-0.3, -0.25) is 0 Å². The van der Waals surface area contributed by atoms with Gasteiger partial charge in [-0.05, 0) is 50.0 Å². The first-order valence-corrected chi connectivity index (χ1v) is 16.9. The van der Waals surface area contributed by atoms with Gasteiger partial charge in [0.05, 0.1) is 12.5 Å². The second kappa shape index (κ2) is 16.8. The van der Waals surface area contributed by atoms with Crippen molar-refractivity contribution in [3.05, 3.63) is 122 Å². The van der Waals surface area contributed by atoms with Gasteiger partial charge in [0.25, 0.3) is 0 Å². The zero-order valence-corrected chi connectivity index (χ0v) is 29.6. The molecule has 0 aliphatic carbocycles. The molecule has 0 N–H and O–H groups in total. The first-order valence-electron chi connectivity index (χ1n) is 12.7. The van der Waals surface area contributed by atoms with Crippen molar-refractivity contribution in [2.45, 2.75) is 64.6 Å². The van der Waals surface area contributed by atoms with E-state index < -0.39 is 0 Å². The second-order valence-corrected chi connectivity index (χ2v) is 9.90. The molecule has 4 aromatic carbocycles. The van der Waals surface area contributed by atoms with Crippen LogP contribution in [-0.2, 0) is 56.9 Å². The van der Waals surface area contributed by atoms with E-state index in [1.54, 1.807) is 0 Å². The second-order valence-electron chi connectivity index (χ2n) is 9.90. The fraction of sp³-hybridized carbons (Fsp3) is 0.294. The van der Waals surface area contributed by atoms with Crippen LogP contribution in [-0.4, -0.2) is 6.88 Å². The van der Waals surface area contributed by atoms with Crippen LogP contribution in [0, 0.1) is 14.9 Å². The van der Waals surface area contributed by atoms with Crippen molar-refractivity contribution in [3.8, 4) is 0 Å². The normalized spacial score (nSPS) is 19.8. The van der Waals surface area contributed by atoms with Gasteiger partial charge in [0.1, 0.15) is 11.2 Å². The summed E-state index contributed by atoms with van der Waals surface area (Å²) >= 11 is 1.36. The Balaban J connectivity index is 0.000000655. The van der Waals surface area contributed by atoms with E-state index in [0.29, 0.717) is 0 Å². The van der Waals surface area contributed by atoms with E-state index in [1.165, 1.54) is 67.1 Å². The van der Waals surface area contributed by atoms with Crippen LogP contribution in [0.15, 0.2) is 85.3 Å². The molecule has 2 nitrogen and oxygen atoms in total. The minimum absolute atomic E-state index is 0. The van der Waals surface area contributed by atoms with Crippen molar-refractivity contribution < 1.29 is 32.8 Å². The molecule has 4 aromatic rings. The van der Waals surface area contributed by atoms with Gasteiger partial charge < -0.3 is 24.3 Å². The van der Waals surface area contributed by atoms with Crippen LogP contribution in [0.1, 0.15) is 62.8 Å². The van der Waals surface area contributed by atoms with Crippen molar-refractivity contribution in [1.82, 2.24) is 0 Å². The van der Waals surface area contributed by atoms with E-state index in [4.69, 9.17) is 9.47 Å². The fourth-order valence-corrected chi connectivity index (χ4v) is 5.31. The van der Waals surface area contributed by atoms with E-state index in [-0.39, 0.29) is 50.9 Å². The number of hydrogen-bond acceptors (Lipinski definition) is 2. The van der Waals surface area contributed by atoms with E-state index in [2.05, 4.69) is 107 Å². The third kappa shape index (κ3) is 7.82. The molecule has 40 heavy (non-hydrogen) atoms. The van der Waals surface area contributed by atoms with E-state index >= 15 is 0 Å². The van der Waals surface area contributed by atoms with Crippen LogP contribution in [0.25, 0.3) is 21.5 Å². The third-order valence-electron chi connectivity index (χ3n) is 7.44. The standard InChI is InChI=1S/2C16H17O.2CH3.2ClH.Si.Zr/c2*1-3-12-10-13-6-4-7-15(14(13)11-12)16(2)8-5-9-17-16;;;;;;/h2*4-7,9-11H,3,8H2,1-2H3;2*1H3;2*1H;;/q4*-1;;;;. The molecule has 2 aliphatic rings. The number of benzene rings is 2. The molecule has 2 unspecified atom stereocenters. The Morgan fingerprint density at radius 2 is 1.10 bits per heavy atom. The monoisotopic (exact) mass is 670 g/mol. The van der Waals surface area contributed by atoms with Crippen LogP contribution in [0.5, 0.6) is 0 Å². The van der Waals surface area contributed by atoms with Crippen molar-refractivity contribution in [3.63, 3.8) is 0 Å². The van der Waals surface area contributed by atoms with Gasteiger partial charge in [0.15, 0.2) is 0 Å². The molecule has 6 rings (SSSR count). The summed E-state index contributed by atoms with van der Waals surface area (Å²) in [6.45, 7) is 11.8. The Kier molecular flexibility index (Phi) is 16.1. The van der Waals surface area contributed by atoms with Gasteiger partial charge in [0, 0.05) is 12.8 Å². The summed E-state index contributed by atoms with van der Waals surface area (Å²) in [6, 6.07) is 22.2. The van der Waals surface area contributed by atoms with Crippen LogP contribution in [0.3, 0.4) is 0 Å². The summed E-state index contributed by atoms with van der Waals surface area (Å²) < 4.78 is 11.6. The summed E-state index contributed by atoms with van der Waals surface area (Å²) in [7, 11) is 0. The predicted octanol–water partition coefficient (Wildman–Crippen LogP) is 9.90. The third-order valence-corrected chi connectivity index (χ3v) is 7.44. The van der Waals surface area contributed by atoms with Crippen molar-refractivity contribution in [1.29, 1.82) is 0 Å². The fourth-order valence-electron chi connectivity index (χ4n) is 5.31. The number of rotatable bonds is 4. The molecule has 0 saturated carbocycles. The van der Waals surface area contributed by atoms with E-state index in [0.717, 1.165) is 25.7 Å². The SMILES string of the molecule is CCc1cc2c(C3(C)CC=CO3)cccc2[cH-]1.CCc1cc2c(C3(C)CC=CO3)cccc2[cH-]1.Cl.Cl.[CH3-].[CH3-].[Si]=[Zr]. The molecule has 2 heterocycles. The molecule has 6 heteroatoms. The Hall–Kier alpha value is -1.58. The summed E-state index contributed by atoms with van der Waals surface area (Å²) in [5.41, 5.74) is 5.06. The average Bonchev–Trinajstić information content (AvgIpc) is 3.71. The van der Waals surface area contributed by atoms with Gasteiger partial charge in [-0.2, -0.15) is 12.1 Å². The Bertz CT molecular complexity index is 1280. The molecule has 2 radical (unpaired) electrons. The van der Waals surface area contributed by atoms with Crippen molar-refractivity contribution >= 4 is 53.2 Å². The number of ether oxygens (including phenoxy) is 2. The zero-order valence-electron chi connectivity index (χ0n) is 24.5. The van der Waals surface area contributed by atoms with Crippen LogP contribution in [0.4, 0.5) is 0 Å². The summed E-state index contributed by atoms with van der Waals surface area (Å²) in [6.07, 6.45) is 11.9.